The first kappa shape index (κ1) is 22.0. The van der Waals surface area contributed by atoms with Gasteiger partial charge in [-0.2, -0.15) is 0 Å². The number of hydrogen-bond acceptors (Lipinski definition) is 6. The summed E-state index contributed by atoms with van der Waals surface area (Å²) in [4.78, 5) is 27.1. The minimum Gasteiger partial charge on any atom is -0.478 e. The van der Waals surface area contributed by atoms with Gasteiger partial charge >= 0.3 is 5.97 Å². The molecular weight excluding hydrogens is 427 g/mol. The molecule has 0 aromatic carbocycles. The fraction of sp³-hybridized carbons (Fsp3) is 0.840. The predicted molar refractivity (Wildman–Crippen MR) is 117 cm³/mol. The highest BCUT2D eigenvalue weighted by molar-refractivity contribution is 6.18. The first-order valence-electron chi connectivity index (χ1n) is 12.9. The molecule has 8 heteroatoms. The number of carbonyl (C=O) groups excluding carboxylic acids is 1. The van der Waals surface area contributed by atoms with Crippen molar-refractivity contribution in [1.29, 1.82) is 0 Å². The highest BCUT2D eigenvalue weighted by atomic mass is 19.1. The first-order chi connectivity index (χ1) is 16.0. The molecule has 0 aromatic rings. The van der Waals surface area contributed by atoms with E-state index < -0.39 is 36.0 Å². The van der Waals surface area contributed by atoms with Crippen LogP contribution >= 0.6 is 0 Å². The number of Topliss-reactive ketones (excluding diaryl/α,β-unsaturated/α-hetero) is 1. The number of fused-ring (bicyclic) bond motifs is 3. The van der Waals surface area contributed by atoms with E-state index in [4.69, 9.17) is 9.47 Å². The van der Waals surface area contributed by atoms with Gasteiger partial charge in [0, 0.05) is 25.3 Å². The molecule has 10 unspecified atom stereocenters. The second-order valence-corrected chi connectivity index (χ2v) is 11.1. The smallest absolute Gasteiger partial charge is 0.340 e. The molecule has 0 spiro atoms. The topological polar surface area (TPSA) is 88.1 Å². The van der Waals surface area contributed by atoms with Crippen molar-refractivity contribution < 1.29 is 28.6 Å². The van der Waals surface area contributed by atoms with Crippen LogP contribution in [0.25, 0.3) is 0 Å². The van der Waals surface area contributed by atoms with E-state index in [-0.39, 0.29) is 36.3 Å². The van der Waals surface area contributed by atoms with Crippen molar-refractivity contribution in [2.75, 3.05) is 13.2 Å². The molecule has 33 heavy (non-hydrogen) atoms. The number of morpholine rings is 1. The number of aliphatic carboxylic acids is 1. The van der Waals surface area contributed by atoms with Gasteiger partial charge in [-0.15, -0.1) is 0 Å². The molecule has 3 aliphatic carbocycles. The summed E-state index contributed by atoms with van der Waals surface area (Å²) in [5.41, 5.74) is -0.195. The molecule has 0 radical (unpaired) electrons. The normalized spacial score (nSPS) is 46.8. The van der Waals surface area contributed by atoms with Crippen molar-refractivity contribution >= 4 is 11.8 Å². The van der Waals surface area contributed by atoms with Crippen LogP contribution in [0.4, 0.5) is 4.39 Å². The van der Waals surface area contributed by atoms with Gasteiger partial charge in [-0.05, 0) is 43.9 Å². The third-order valence-corrected chi connectivity index (χ3v) is 9.32. The number of carboxylic acid groups (broad SMARTS) is 1. The number of ketones is 1. The van der Waals surface area contributed by atoms with E-state index in [1.807, 2.05) is 0 Å². The van der Waals surface area contributed by atoms with Crippen molar-refractivity contribution in [3.05, 3.63) is 11.8 Å². The van der Waals surface area contributed by atoms with Gasteiger partial charge in [0.1, 0.15) is 11.7 Å². The molecule has 0 bridgehead atoms. The molecule has 3 heterocycles. The number of rotatable bonds is 4. The number of nitrogens with one attached hydrogen (secondary N) is 1. The van der Waals surface area contributed by atoms with Crippen LogP contribution in [0.1, 0.15) is 57.8 Å². The number of hydrogen-bond donors (Lipinski definition) is 2. The molecule has 3 aliphatic heterocycles. The lowest BCUT2D eigenvalue weighted by atomic mass is 9.65. The van der Waals surface area contributed by atoms with Crippen LogP contribution in [0.3, 0.4) is 0 Å². The lowest BCUT2D eigenvalue weighted by molar-refractivity contribution is -0.208. The third kappa shape index (κ3) is 3.73. The number of ether oxygens (including phenoxy) is 2. The molecule has 6 rings (SSSR count). The lowest BCUT2D eigenvalue weighted by Crippen LogP contribution is -2.73. The summed E-state index contributed by atoms with van der Waals surface area (Å²) in [6.07, 6.45) is 8.76. The van der Waals surface area contributed by atoms with E-state index in [2.05, 4.69) is 10.2 Å². The van der Waals surface area contributed by atoms with Gasteiger partial charge in [0.15, 0.2) is 5.78 Å². The van der Waals surface area contributed by atoms with Crippen LogP contribution in [0.5, 0.6) is 0 Å². The van der Waals surface area contributed by atoms with Crippen molar-refractivity contribution in [3.8, 4) is 0 Å². The largest absolute Gasteiger partial charge is 0.478 e. The van der Waals surface area contributed by atoms with Gasteiger partial charge in [-0.3, -0.25) is 4.79 Å². The zero-order chi connectivity index (χ0) is 22.7. The Morgan fingerprint density at radius 3 is 2.67 bits per heavy atom. The third-order valence-electron chi connectivity index (χ3n) is 9.32. The van der Waals surface area contributed by atoms with Gasteiger partial charge in [-0.1, -0.05) is 25.7 Å². The lowest BCUT2D eigenvalue weighted by Gasteiger charge is -2.60. The predicted octanol–water partition coefficient (Wildman–Crippen LogP) is 2.44. The molecule has 10 atom stereocenters. The molecule has 0 amide bonds. The van der Waals surface area contributed by atoms with Crippen LogP contribution < -0.4 is 5.32 Å². The van der Waals surface area contributed by atoms with E-state index in [0.29, 0.717) is 18.4 Å². The Hall–Kier alpha value is -1.51. The zero-order valence-electron chi connectivity index (χ0n) is 19.0. The van der Waals surface area contributed by atoms with E-state index in [0.717, 1.165) is 32.3 Å². The van der Waals surface area contributed by atoms with Gasteiger partial charge in [0.05, 0.1) is 36.4 Å². The van der Waals surface area contributed by atoms with Crippen molar-refractivity contribution in [1.82, 2.24) is 10.2 Å². The SMILES string of the molecule is O=C(O)C1=CN2C3CC4CCCCC4CC3OC3C(NCC4CCCO4)C(F)CC(C1=O)C32. The molecule has 6 aliphatic rings. The monoisotopic (exact) mass is 462 g/mol. The second-order valence-electron chi connectivity index (χ2n) is 11.1. The quantitative estimate of drug-likeness (QED) is 0.621. The van der Waals surface area contributed by atoms with Gasteiger partial charge in [0.25, 0.3) is 0 Å². The summed E-state index contributed by atoms with van der Waals surface area (Å²) in [6, 6.07) is -0.767. The number of carbonyl (C=O) groups is 2. The standard InChI is InChI=1S/C25H35FN2O5/c26-18-10-16-22-24(21(18)27-11-15-6-3-7-32-15)33-20-9-14-5-2-1-4-13(14)8-19(20)28(22)12-17(23(16)29)25(30)31/h12-16,18-22,24,27H,1-11H2,(H,30,31). The van der Waals surface area contributed by atoms with Crippen LogP contribution in [0, 0.1) is 17.8 Å². The van der Waals surface area contributed by atoms with Gasteiger partial charge < -0.3 is 24.8 Å². The summed E-state index contributed by atoms with van der Waals surface area (Å²) in [5, 5.41) is 13.1. The van der Waals surface area contributed by atoms with E-state index in [1.165, 1.54) is 25.7 Å². The Morgan fingerprint density at radius 1 is 1.15 bits per heavy atom. The van der Waals surface area contributed by atoms with Gasteiger partial charge in [0.2, 0.25) is 0 Å². The Labute approximate surface area is 194 Å². The van der Waals surface area contributed by atoms with E-state index in [1.54, 1.807) is 6.20 Å². The maximum atomic E-state index is 15.6. The maximum Gasteiger partial charge on any atom is 0.340 e. The Kier molecular flexibility index (Phi) is 5.74. The summed E-state index contributed by atoms with van der Waals surface area (Å²) in [7, 11) is 0. The Morgan fingerprint density at radius 2 is 1.94 bits per heavy atom. The fourth-order valence-corrected chi connectivity index (χ4v) is 7.76. The fourth-order valence-electron chi connectivity index (χ4n) is 7.76. The number of carboxylic acids is 1. The highest BCUT2D eigenvalue weighted by Crippen LogP contribution is 2.50. The van der Waals surface area contributed by atoms with Crippen molar-refractivity contribution in [3.63, 3.8) is 0 Å². The summed E-state index contributed by atoms with van der Waals surface area (Å²) >= 11 is 0. The average molecular weight is 463 g/mol. The summed E-state index contributed by atoms with van der Waals surface area (Å²) < 4.78 is 28.0. The Balaban J connectivity index is 1.32. The molecule has 7 nitrogen and oxygen atoms in total. The maximum absolute atomic E-state index is 15.6. The summed E-state index contributed by atoms with van der Waals surface area (Å²) in [5.74, 6) is -1.07. The second kappa shape index (κ2) is 8.61. The zero-order valence-corrected chi connectivity index (χ0v) is 19.0. The van der Waals surface area contributed by atoms with E-state index in [9.17, 15) is 14.7 Å². The minimum atomic E-state index is -1.26. The minimum absolute atomic E-state index is 0.0388. The summed E-state index contributed by atoms with van der Waals surface area (Å²) in [6.45, 7) is 1.32. The van der Waals surface area contributed by atoms with Gasteiger partial charge in [-0.25, -0.2) is 9.18 Å². The van der Waals surface area contributed by atoms with Crippen LogP contribution in [-0.4, -0.2) is 77.5 Å². The molecule has 182 valence electrons. The highest BCUT2D eigenvalue weighted by Gasteiger charge is 2.59. The van der Waals surface area contributed by atoms with Crippen LogP contribution in [0.15, 0.2) is 11.8 Å². The van der Waals surface area contributed by atoms with E-state index >= 15 is 4.39 Å². The molecule has 5 fully saturated rings. The average Bonchev–Trinajstić information content (AvgIpc) is 3.32. The number of halogens is 1. The molecule has 3 saturated carbocycles. The van der Waals surface area contributed by atoms with Crippen LogP contribution in [0.2, 0.25) is 0 Å². The number of nitrogens with zero attached hydrogens (tertiary/aromatic N) is 1. The van der Waals surface area contributed by atoms with Crippen LogP contribution in [-0.2, 0) is 19.1 Å². The number of alkyl halides is 1. The van der Waals surface area contributed by atoms with Crippen molar-refractivity contribution in [2.24, 2.45) is 17.8 Å². The molecule has 0 aromatic heterocycles. The molecule has 2 saturated heterocycles. The van der Waals surface area contributed by atoms with Crippen molar-refractivity contribution in [2.45, 2.75) is 100 Å². The Bertz CT molecular complexity index is 830. The molecule has 2 N–H and O–H groups in total. The first-order valence-corrected chi connectivity index (χ1v) is 12.9. The molecular formula is C25H35FN2O5.